The molecule has 0 saturated carbocycles. The molecule has 9 heteroatoms. The average Bonchev–Trinajstić information content (AvgIpc) is 3.36. The van der Waals surface area contributed by atoms with Gasteiger partial charge in [0.15, 0.2) is 29.1 Å². The normalized spacial score (nSPS) is 22.2. The lowest BCUT2D eigenvalue weighted by atomic mass is 9.73. The van der Waals surface area contributed by atoms with Gasteiger partial charge in [-0.05, 0) is 50.8 Å². The quantitative estimate of drug-likeness (QED) is 0.437. The van der Waals surface area contributed by atoms with Gasteiger partial charge in [0.1, 0.15) is 5.60 Å². The van der Waals surface area contributed by atoms with Gasteiger partial charge in [-0.2, -0.15) is 0 Å². The number of aliphatic hydroxyl groups is 1. The summed E-state index contributed by atoms with van der Waals surface area (Å²) in [5, 5.41) is 12.0. The maximum absolute atomic E-state index is 13.0. The second kappa shape index (κ2) is 10.0. The van der Waals surface area contributed by atoms with Crippen LogP contribution in [-0.4, -0.2) is 51.9 Å². The highest BCUT2D eigenvalue weighted by atomic mass is 16.7. The van der Waals surface area contributed by atoms with Gasteiger partial charge < -0.3 is 38.3 Å². The maximum Gasteiger partial charge on any atom is 0.334 e. The summed E-state index contributed by atoms with van der Waals surface area (Å²) in [5.41, 5.74) is 1.46. The lowest BCUT2D eigenvalue weighted by molar-refractivity contribution is -0.166. The van der Waals surface area contributed by atoms with Crippen molar-refractivity contribution in [2.75, 3.05) is 35.2 Å². The minimum atomic E-state index is -1.48. The summed E-state index contributed by atoms with van der Waals surface area (Å²) in [5.74, 6) is 1.60. The summed E-state index contributed by atoms with van der Waals surface area (Å²) in [7, 11) is 6.08. The summed E-state index contributed by atoms with van der Waals surface area (Å²) in [6.07, 6.45) is 0.998. The van der Waals surface area contributed by atoms with Crippen LogP contribution in [0, 0.1) is 5.92 Å². The van der Waals surface area contributed by atoms with E-state index in [1.165, 1.54) is 21.3 Å². The summed E-state index contributed by atoms with van der Waals surface area (Å²) in [6.45, 7) is 7.05. The van der Waals surface area contributed by atoms with Crippen LogP contribution in [0.3, 0.4) is 0 Å². The first-order chi connectivity index (χ1) is 17.6. The van der Waals surface area contributed by atoms with Gasteiger partial charge >= 0.3 is 5.97 Å². The summed E-state index contributed by atoms with van der Waals surface area (Å²) < 4.78 is 40.6. The SMILES string of the molecule is C/C=C(\C)C(=O)O[C@H]1c2cc(OC)c(OC)c(OC)c2-c2c(cc3c(c2OC)OCO3)C[C@H](C)[C@@]1(C)O. The molecule has 200 valence electrons. The first kappa shape index (κ1) is 26.5. The maximum atomic E-state index is 13.0. The molecule has 0 bridgehead atoms. The van der Waals surface area contributed by atoms with Crippen LogP contribution in [0.15, 0.2) is 23.8 Å². The fraction of sp³-hybridized carbons (Fsp3) is 0.464. The van der Waals surface area contributed by atoms with Crippen LogP contribution in [0.25, 0.3) is 11.1 Å². The second-order valence-electron chi connectivity index (χ2n) is 9.38. The van der Waals surface area contributed by atoms with Gasteiger partial charge in [-0.1, -0.05) is 13.0 Å². The number of carbonyl (C=O) groups is 1. The van der Waals surface area contributed by atoms with Crippen LogP contribution in [0.2, 0.25) is 0 Å². The Labute approximate surface area is 216 Å². The Balaban J connectivity index is 2.17. The predicted octanol–water partition coefficient (Wildman–Crippen LogP) is 4.61. The highest BCUT2D eigenvalue weighted by Crippen LogP contribution is 2.59. The van der Waals surface area contributed by atoms with E-state index >= 15 is 0 Å². The Morgan fingerprint density at radius 2 is 1.70 bits per heavy atom. The fourth-order valence-corrected chi connectivity index (χ4v) is 4.94. The predicted molar refractivity (Wildman–Crippen MR) is 136 cm³/mol. The summed E-state index contributed by atoms with van der Waals surface area (Å²) in [6, 6.07) is 3.60. The summed E-state index contributed by atoms with van der Waals surface area (Å²) >= 11 is 0. The lowest BCUT2D eigenvalue weighted by Gasteiger charge is -2.41. The molecule has 2 aliphatic rings. The van der Waals surface area contributed by atoms with Gasteiger partial charge in [0.2, 0.25) is 18.3 Å². The minimum Gasteiger partial charge on any atom is -0.493 e. The van der Waals surface area contributed by atoms with Crippen LogP contribution >= 0.6 is 0 Å². The molecule has 2 aromatic carbocycles. The molecule has 0 fully saturated rings. The molecule has 4 rings (SSSR count). The van der Waals surface area contributed by atoms with E-state index in [4.69, 9.17) is 33.2 Å². The standard InChI is InChI=1S/C28H34O9/c1-9-14(2)27(29)37-26-17-12-18(31-5)22(32-6)25(34-8)21(17)20-16(10-15(3)28(26,4)30)11-19-23(24(20)33-7)36-13-35-19/h9,11-12,15,26,30H,10,13H2,1-8H3/b14-9+/t15-,26-,28+/m0/s1. The van der Waals surface area contributed by atoms with Crippen LogP contribution in [-0.2, 0) is 16.0 Å². The largest absolute Gasteiger partial charge is 0.493 e. The van der Waals surface area contributed by atoms with Crippen molar-refractivity contribution in [1.29, 1.82) is 0 Å². The third-order valence-corrected chi connectivity index (χ3v) is 7.33. The Bertz CT molecular complexity index is 1250. The van der Waals surface area contributed by atoms with E-state index < -0.39 is 17.7 Å². The Morgan fingerprint density at radius 3 is 2.30 bits per heavy atom. The number of hydrogen-bond acceptors (Lipinski definition) is 9. The molecule has 9 nitrogen and oxygen atoms in total. The van der Waals surface area contributed by atoms with Crippen LogP contribution in [0.5, 0.6) is 34.5 Å². The molecule has 0 radical (unpaired) electrons. The molecule has 0 aromatic heterocycles. The number of hydrogen-bond donors (Lipinski definition) is 1. The molecular weight excluding hydrogens is 480 g/mol. The topological polar surface area (TPSA) is 102 Å². The van der Waals surface area contributed by atoms with Crippen molar-refractivity contribution in [3.63, 3.8) is 0 Å². The van der Waals surface area contributed by atoms with E-state index in [2.05, 4.69) is 0 Å². The number of benzene rings is 2. The molecule has 2 aromatic rings. The van der Waals surface area contributed by atoms with Gasteiger partial charge in [-0.25, -0.2) is 4.79 Å². The Hall–Kier alpha value is -3.59. The first-order valence-corrected chi connectivity index (χ1v) is 12.0. The minimum absolute atomic E-state index is 0.0562. The molecule has 0 spiro atoms. The third-order valence-electron chi connectivity index (χ3n) is 7.33. The van der Waals surface area contributed by atoms with Crippen molar-refractivity contribution in [2.45, 2.75) is 45.8 Å². The van der Waals surface area contributed by atoms with E-state index in [0.29, 0.717) is 63.2 Å². The number of ether oxygens (including phenoxy) is 7. The smallest absolute Gasteiger partial charge is 0.334 e. The zero-order valence-corrected chi connectivity index (χ0v) is 22.5. The zero-order chi connectivity index (χ0) is 27.1. The van der Waals surface area contributed by atoms with Gasteiger partial charge in [-0.15, -0.1) is 0 Å². The molecule has 1 N–H and O–H groups in total. The average molecular weight is 515 g/mol. The number of methoxy groups -OCH3 is 4. The molecule has 37 heavy (non-hydrogen) atoms. The number of fused-ring (bicyclic) bond motifs is 4. The summed E-state index contributed by atoms with van der Waals surface area (Å²) in [4.78, 5) is 13.0. The van der Waals surface area contributed by atoms with Crippen molar-refractivity contribution in [2.24, 2.45) is 5.92 Å². The van der Waals surface area contributed by atoms with Crippen LogP contribution < -0.4 is 28.4 Å². The second-order valence-corrected chi connectivity index (χ2v) is 9.38. The number of allylic oxidation sites excluding steroid dienone is 1. The Morgan fingerprint density at radius 1 is 1.03 bits per heavy atom. The highest BCUT2D eigenvalue weighted by Gasteiger charge is 2.47. The van der Waals surface area contributed by atoms with Crippen molar-refractivity contribution < 1.29 is 43.1 Å². The van der Waals surface area contributed by atoms with Crippen LogP contribution in [0.4, 0.5) is 0 Å². The monoisotopic (exact) mass is 514 g/mol. The molecule has 1 aliphatic heterocycles. The number of esters is 1. The van der Waals surface area contributed by atoms with Gasteiger partial charge in [0.25, 0.3) is 0 Å². The van der Waals surface area contributed by atoms with E-state index in [1.54, 1.807) is 40.0 Å². The molecule has 3 atom stereocenters. The molecule has 0 unspecified atom stereocenters. The van der Waals surface area contributed by atoms with Crippen molar-refractivity contribution in [3.05, 3.63) is 34.9 Å². The van der Waals surface area contributed by atoms with E-state index in [9.17, 15) is 9.90 Å². The lowest BCUT2D eigenvalue weighted by Crippen LogP contribution is -2.44. The molecule has 0 saturated heterocycles. The molecular formula is C28H34O9. The van der Waals surface area contributed by atoms with Crippen molar-refractivity contribution in [3.8, 4) is 45.6 Å². The third kappa shape index (κ3) is 4.21. The van der Waals surface area contributed by atoms with Crippen molar-refractivity contribution in [1.82, 2.24) is 0 Å². The molecule has 1 heterocycles. The van der Waals surface area contributed by atoms with E-state index in [-0.39, 0.29) is 12.7 Å². The zero-order valence-electron chi connectivity index (χ0n) is 22.5. The van der Waals surface area contributed by atoms with E-state index in [1.807, 2.05) is 13.0 Å². The van der Waals surface area contributed by atoms with Crippen LogP contribution in [0.1, 0.15) is 44.9 Å². The highest BCUT2D eigenvalue weighted by molar-refractivity contribution is 5.90. The Kier molecular flexibility index (Phi) is 7.19. The molecule has 1 aliphatic carbocycles. The molecule has 0 amide bonds. The first-order valence-electron chi connectivity index (χ1n) is 12.0. The fourth-order valence-electron chi connectivity index (χ4n) is 4.94. The van der Waals surface area contributed by atoms with Gasteiger partial charge in [0, 0.05) is 22.3 Å². The van der Waals surface area contributed by atoms with Gasteiger partial charge in [0.05, 0.1) is 28.4 Å². The number of rotatable bonds is 6. The van der Waals surface area contributed by atoms with Crippen molar-refractivity contribution >= 4 is 5.97 Å². The number of carbonyl (C=O) groups excluding carboxylic acids is 1. The van der Waals surface area contributed by atoms with Gasteiger partial charge in [-0.3, -0.25) is 0 Å². The van der Waals surface area contributed by atoms with E-state index in [0.717, 1.165) is 5.56 Å².